The topological polar surface area (TPSA) is 73.4 Å². The molecular formula is C18H20N2O3. The van der Waals surface area contributed by atoms with Crippen LogP contribution in [-0.4, -0.2) is 40.0 Å². The SMILES string of the molecule is CC1CC(C(=O)O)CN(C(=O)c2c[nH]cc2-c2ccccc2)C1. The number of H-pyrrole nitrogens is 1. The van der Waals surface area contributed by atoms with Crippen LogP contribution < -0.4 is 0 Å². The van der Waals surface area contributed by atoms with E-state index in [-0.39, 0.29) is 18.4 Å². The highest BCUT2D eigenvalue weighted by Gasteiger charge is 2.33. The van der Waals surface area contributed by atoms with E-state index in [0.29, 0.717) is 18.5 Å². The molecule has 1 amide bonds. The van der Waals surface area contributed by atoms with Crippen LogP contribution in [0.15, 0.2) is 42.7 Å². The minimum Gasteiger partial charge on any atom is -0.481 e. The van der Waals surface area contributed by atoms with Gasteiger partial charge < -0.3 is 15.0 Å². The maximum Gasteiger partial charge on any atom is 0.308 e. The quantitative estimate of drug-likeness (QED) is 0.915. The summed E-state index contributed by atoms with van der Waals surface area (Å²) in [4.78, 5) is 28.8. The van der Waals surface area contributed by atoms with Gasteiger partial charge in [0.2, 0.25) is 0 Å². The number of rotatable bonds is 3. The average molecular weight is 312 g/mol. The van der Waals surface area contributed by atoms with Crippen LogP contribution in [0.2, 0.25) is 0 Å². The Morgan fingerprint density at radius 1 is 1.17 bits per heavy atom. The molecule has 2 aromatic rings. The molecule has 0 aliphatic carbocycles. The lowest BCUT2D eigenvalue weighted by Crippen LogP contribution is -2.45. The van der Waals surface area contributed by atoms with E-state index in [2.05, 4.69) is 4.98 Å². The van der Waals surface area contributed by atoms with E-state index in [4.69, 9.17) is 0 Å². The molecule has 2 N–H and O–H groups in total. The summed E-state index contributed by atoms with van der Waals surface area (Å²) in [6.07, 6.45) is 4.13. The van der Waals surface area contributed by atoms with Crippen LogP contribution in [0, 0.1) is 11.8 Å². The third-order valence-corrected chi connectivity index (χ3v) is 4.36. The van der Waals surface area contributed by atoms with E-state index in [0.717, 1.165) is 11.1 Å². The van der Waals surface area contributed by atoms with E-state index in [1.807, 2.05) is 43.5 Å². The van der Waals surface area contributed by atoms with E-state index in [1.54, 1.807) is 11.1 Å². The predicted octanol–water partition coefficient (Wildman–Crippen LogP) is 2.86. The highest BCUT2D eigenvalue weighted by atomic mass is 16.4. The van der Waals surface area contributed by atoms with Gasteiger partial charge >= 0.3 is 5.97 Å². The van der Waals surface area contributed by atoms with E-state index in [9.17, 15) is 14.7 Å². The number of aromatic amines is 1. The van der Waals surface area contributed by atoms with Crippen molar-refractivity contribution >= 4 is 11.9 Å². The van der Waals surface area contributed by atoms with Crippen molar-refractivity contribution < 1.29 is 14.7 Å². The van der Waals surface area contributed by atoms with Crippen LogP contribution in [0.5, 0.6) is 0 Å². The highest BCUT2D eigenvalue weighted by Crippen LogP contribution is 2.28. The summed E-state index contributed by atoms with van der Waals surface area (Å²) >= 11 is 0. The molecule has 23 heavy (non-hydrogen) atoms. The number of benzene rings is 1. The standard InChI is InChI=1S/C18H20N2O3/c1-12-7-14(18(22)23)11-20(10-12)17(21)16-9-19-8-15(16)13-5-3-2-4-6-13/h2-6,8-9,12,14,19H,7,10-11H2,1H3,(H,22,23). The lowest BCUT2D eigenvalue weighted by Gasteiger charge is -2.34. The third-order valence-electron chi connectivity index (χ3n) is 4.36. The van der Waals surface area contributed by atoms with Gasteiger partial charge in [-0.3, -0.25) is 9.59 Å². The van der Waals surface area contributed by atoms with Gasteiger partial charge in [-0.25, -0.2) is 0 Å². The van der Waals surface area contributed by atoms with Crippen molar-refractivity contribution in [3.05, 3.63) is 48.3 Å². The fourth-order valence-electron chi connectivity index (χ4n) is 3.26. The number of nitrogens with one attached hydrogen (secondary N) is 1. The van der Waals surface area contributed by atoms with Crippen molar-refractivity contribution in [3.63, 3.8) is 0 Å². The molecule has 1 aliphatic rings. The van der Waals surface area contributed by atoms with Crippen molar-refractivity contribution in [2.24, 2.45) is 11.8 Å². The van der Waals surface area contributed by atoms with Gasteiger partial charge in [-0.2, -0.15) is 0 Å². The molecule has 120 valence electrons. The van der Waals surface area contributed by atoms with Gasteiger partial charge in [0.05, 0.1) is 11.5 Å². The average Bonchev–Trinajstić information content (AvgIpc) is 3.04. The Bertz CT molecular complexity index is 708. The first kappa shape index (κ1) is 15.3. The minimum absolute atomic E-state index is 0.108. The fraction of sp³-hybridized carbons (Fsp3) is 0.333. The predicted molar refractivity (Wildman–Crippen MR) is 87.0 cm³/mol. The van der Waals surface area contributed by atoms with Crippen LogP contribution in [0.3, 0.4) is 0 Å². The minimum atomic E-state index is -0.827. The summed E-state index contributed by atoms with van der Waals surface area (Å²) in [7, 11) is 0. The zero-order valence-corrected chi connectivity index (χ0v) is 13.0. The molecule has 3 rings (SSSR count). The van der Waals surface area contributed by atoms with E-state index >= 15 is 0 Å². The molecule has 0 bridgehead atoms. The number of piperidine rings is 1. The molecular weight excluding hydrogens is 292 g/mol. The normalized spacial score (nSPS) is 21.2. The Kier molecular flexibility index (Phi) is 4.19. The number of aliphatic carboxylic acids is 1. The third kappa shape index (κ3) is 3.13. The van der Waals surface area contributed by atoms with Gasteiger partial charge in [0, 0.05) is 31.0 Å². The van der Waals surface area contributed by atoms with Crippen molar-refractivity contribution in [1.82, 2.24) is 9.88 Å². The van der Waals surface area contributed by atoms with Crippen LogP contribution in [0.1, 0.15) is 23.7 Å². The Labute approximate surface area is 134 Å². The molecule has 1 aromatic carbocycles. The van der Waals surface area contributed by atoms with Crippen LogP contribution in [0.4, 0.5) is 0 Å². The molecule has 2 heterocycles. The summed E-state index contributed by atoms with van der Waals surface area (Å²) in [5, 5.41) is 9.27. The number of likely N-dealkylation sites (tertiary alicyclic amines) is 1. The molecule has 1 saturated heterocycles. The van der Waals surface area contributed by atoms with Crippen molar-refractivity contribution in [3.8, 4) is 11.1 Å². The molecule has 5 nitrogen and oxygen atoms in total. The first-order chi connectivity index (χ1) is 11.1. The number of carboxylic acids is 1. The molecule has 1 aromatic heterocycles. The van der Waals surface area contributed by atoms with Crippen molar-refractivity contribution in [1.29, 1.82) is 0 Å². The lowest BCUT2D eigenvalue weighted by atomic mass is 9.90. The second-order valence-electron chi connectivity index (χ2n) is 6.23. The number of hydrogen-bond acceptors (Lipinski definition) is 2. The summed E-state index contributed by atoms with van der Waals surface area (Å²) in [6.45, 7) is 2.87. The Morgan fingerprint density at radius 2 is 1.91 bits per heavy atom. The van der Waals surface area contributed by atoms with E-state index < -0.39 is 11.9 Å². The number of aromatic nitrogens is 1. The Balaban J connectivity index is 1.87. The first-order valence-electron chi connectivity index (χ1n) is 7.80. The Morgan fingerprint density at radius 3 is 2.61 bits per heavy atom. The monoisotopic (exact) mass is 312 g/mol. The largest absolute Gasteiger partial charge is 0.481 e. The van der Waals surface area contributed by atoms with Gasteiger partial charge in [0.25, 0.3) is 5.91 Å². The molecule has 0 saturated carbocycles. The van der Waals surface area contributed by atoms with Crippen LogP contribution in [0.25, 0.3) is 11.1 Å². The lowest BCUT2D eigenvalue weighted by molar-refractivity contribution is -0.143. The summed E-state index contributed by atoms with van der Waals surface area (Å²) in [5.74, 6) is -1.23. The maximum atomic E-state index is 12.9. The van der Waals surface area contributed by atoms with Crippen molar-refractivity contribution in [2.45, 2.75) is 13.3 Å². The fourth-order valence-corrected chi connectivity index (χ4v) is 3.26. The molecule has 2 unspecified atom stereocenters. The molecule has 0 spiro atoms. The molecule has 0 radical (unpaired) electrons. The molecule has 5 heteroatoms. The van der Waals surface area contributed by atoms with Gasteiger partial charge in [0.1, 0.15) is 0 Å². The number of carbonyl (C=O) groups is 2. The molecule has 1 aliphatic heterocycles. The smallest absolute Gasteiger partial charge is 0.308 e. The number of hydrogen-bond donors (Lipinski definition) is 2. The summed E-state index contributed by atoms with van der Waals surface area (Å²) in [6, 6.07) is 9.71. The second kappa shape index (κ2) is 6.28. The van der Waals surface area contributed by atoms with Crippen LogP contribution >= 0.6 is 0 Å². The summed E-state index contributed by atoms with van der Waals surface area (Å²) < 4.78 is 0. The van der Waals surface area contributed by atoms with Crippen LogP contribution in [-0.2, 0) is 4.79 Å². The molecule has 1 fully saturated rings. The maximum absolute atomic E-state index is 12.9. The second-order valence-corrected chi connectivity index (χ2v) is 6.23. The van der Waals surface area contributed by atoms with Crippen molar-refractivity contribution in [2.75, 3.05) is 13.1 Å². The zero-order chi connectivity index (χ0) is 16.4. The number of amides is 1. The summed E-state index contributed by atoms with van der Waals surface area (Å²) in [5.41, 5.74) is 2.41. The molecule has 2 atom stereocenters. The first-order valence-corrected chi connectivity index (χ1v) is 7.80. The van der Waals surface area contributed by atoms with Gasteiger partial charge in [-0.1, -0.05) is 37.3 Å². The number of carboxylic acid groups (broad SMARTS) is 1. The Hall–Kier alpha value is -2.56. The number of carbonyl (C=O) groups excluding carboxylic acids is 1. The van der Waals surface area contributed by atoms with E-state index in [1.165, 1.54) is 0 Å². The zero-order valence-electron chi connectivity index (χ0n) is 13.0. The van der Waals surface area contributed by atoms with Gasteiger partial charge in [-0.15, -0.1) is 0 Å². The highest BCUT2D eigenvalue weighted by molar-refractivity contribution is 6.01. The number of nitrogens with zero attached hydrogens (tertiary/aromatic N) is 1. The van der Waals surface area contributed by atoms with Gasteiger partial charge in [-0.05, 0) is 17.9 Å². The van der Waals surface area contributed by atoms with Gasteiger partial charge in [0.15, 0.2) is 0 Å².